The number of hydrogen-bond acceptors (Lipinski definition) is 4. The van der Waals surface area contributed by atoms with Gasteiger partial charge in [-0.3, -0.25) is 0 Å². The van der Waals surface area contributed by atoms with Gasteiger partial charge in [-0.1, -0.05) is 6.42 Å². The summed E-state index contributed by atoms with van der Waals surface area (Å²) in [5.74, 6) is -11.4. The van der Waals surface area contributed by atoms with Crippen LogP contribution in [0.1, 0.15) is 26.7 Å². The molecule has 144 valence electrons. The average Bonchev–Trinajstić information content (AvgIpc) is 2.60. The molecule has 25 heavy (non-hydrogen) atoms. The average molecular weight is 388 g/mol. The van der Waals surface area contributed by atoms with Crippen molar-refractivity contribution in [3.63, 3.8) is 0 Å². The Morgan fingerprint density at radius 1 is 0.800 bits per heavy atom. The maximum atomic E-state index is 13.4. The molecule has 0 spiro atoms. The van der Waals surface area contributed by atoms with Crippen molar-refractivity contribution in [2.45, 2.75) is 39.2 Å². The van der Waals surface area contributed by atoms with Crippen molar-refractivity contribution in [2.24, 2.45) is 0 Å². The molecule has 0 aliphatic carbocycles. The number of halogens is 5. The van der Waals surface area contributed by atoms with Gasteiger partial charge in [-0.25, -0.2) is 13.2 Å². The monoisotopic (exact) mass is 388 g/mol. The molecule has 0 heterocycles. The second kappa shape index (κ2) is 11.4. The predicted molar refractivity (Wildman–Crippen MR) is 82.4 cm³/mol. The fraction of sp³-hybridized carbons (Fsp3) is 0.600. The summed E-state index contributed by atoms with van der Waals surface area (Å²) in [6.07, 6.45) is 0.996. The zero-order chi connectivity index (χ0) is 18.8. The minimum absolute atomic E-state index is 0.174. The summed E-state index contributed by atoms with van der Waals surface area (Å²) in [4.78, 5) is 0. The lowest BCUT2D eigenvalue weighted by molar-refractivity contribution is -0.243. The summed E-state index contributed by atoms with van der Waals surface area (Å²) in [6.45, 7) is 3.67. The van der Waals surface area contributed by atoms with Gasteiger partial charge in [-0.05, 0) is 26.3 Å². The maximum absolute atomic E-state index is 13.4. The lowest BCUT2D eigenvalue weighted by Crippen LogP contribution is -2.23. The third-order valence-corrected chi connectivity index (χ3v) is 4.36. The quantitative estimate of drug-likeness (QED) is 0.137. The van der Waals surface area contributed by atoms with Gasteiger partial charge >= 0.3 is 0 Å². The Hall–Kier alpha value is -1.23. The Labute approximate surface area is 145 Å². The Kier molecular flexibility index (Phi) is 9.94. The molecular formula is C15H21F5O4Si. The van der Waals surface area contributed by atoms with Crippen molar-refractivity contribution in [3.8, 4) is 5.75 Å². The Balaban J connectivity index is 2.33. The highest BCUT2D eigenvalue weighted by Crippen LogP contribution is 2.29. The normalized spacial score (nSPS) is 11.8. The van der Waals surface area contributed by atoms with Gasteiger partial charge in [0, 0.05) is 13.2 Å². The largest absolute Gasteiger partial charge is 0.487 e. The van der Waals surface area contributed by atoms with Gasteiger partial charge in [0.25, 0.3) is 6.48 Å². The van der Waals surface area contributed by atoms with Crippen LogP contribution < -0.4 is 4.74 Å². The molecule has 0 saturated carbocycles. The van der Waals surface area contributed by atoms with Crippen LogP contribution in [0.4, 0.5) is 22.0 Å². The van der Waals surface area contributed by atoms with E-state index in [-0.39, 0.29) is 6.61 Å². The number of benzene rings is 1. The highest BCUT2D eigenvalue weighted by molar-refractivity contribution is 6.27. The minimum Gasteiger partial charge on any atom is -0.487 e. The Bertz CT molecular complexity index is 512. The third-order valence-electron chi connectivity index (χ3n) is 3.06. The molecule has 0 aliphatic rings. The van der Waals surface area contributed by atoms with Crippen molar-refractivity contribution in [2.75, 3.05) is 19.8 Å². The minimum atomic E-state index is -2.20. The van der Waals surface area contributed by atoms with E-state index in [1.165, 1.54) is 0 Å². The van der Waals surface area contributed by atoms with Crippen LogP contribution >= 0.6 is 0 Å². The smallest absolute Gasteiger partial charge is 0.261 e. The molecule has 0 aromatic heterocycles. The van der Waals surface area contributed by atoms with Crippen LogP contribution in [0.2, 0.25) is 6.04 Å². The summed E-state index contributed by atoms with van der Waals surface area (Å²) < 4.78 is 86.2. The van der Waals surface area contributed by atoms with Crippen LogP contribution in [-0.4, -0.2) is 36.1 Å². The molecule has 10 heteroatoms. The van der Waals surface area contributed by atoms with E-state index in [1.54, 1.807) is 0 Å². The zero-order valence-electron chi connectivity index (χ0n) is 14.0. The first-order valence-electron chi connectivity index (χ1n) is 7.93. The molecule has 1 aromatic carbocycles. The summed E-state index contributed by atoms with van der Waals surface area (Å²) in [7, 11) is -0.925. The molecule has 1 aromatic rings. The van der Waals surface area contributed by atoms with E-state index in [1.807, 2.05) is 13.8 Å². The second-order valence-electron chi connectivity index (χ2n) is 4.88. The van der Waals surface area contributed by atoms with E-state index in [0.717, 1.165) is 6.04 Å². The van der Waals surface area contributed by atoms with Crippen LogP contribution in [0.5, 0.6) is 5.75 Å². The standard InChI is InChI=1S/C15H21F5O4Si/c1-3-21-15(22-4-2)24-25-8-6-5-7-23-14-12(19)10(17)9(16)11(18)13(14)20/h15H,3-8,25H2,1-2H3. The molecule has 0 bridgehead atoms. The fourth-order valence-electron chi connectivity index (χ4n) is 1.86. The van der Waals surface area contributed by atoms with Gasteiger partial charge in [0.1, 0.15) is 0 Å². The van der Waals surface area contributed by atoms with Crippen LogP contribution in [0.25, 0.3) is 0 Å². The molecule has 0 atom stereocenters. The molecule has 0 saturated heterocycles. The van der Waals surface area contributed by atoms with Gasteiger partial charge in [0.2, 0.25) is 29.1 Å². The van der Waals surface area contributed by atoms with Gasteiger partial charge in [0.15, 0.2) is 15.5 Å². The van der Waals surface area contributed by atoms with E-state index in [9.17, 15) is 22.0 Å². The van der Waals surface area contributed by atoms with Crippen molar-refractivity contribution in [1.29, 1.82) is 0 Å². The predicted octanol–water partition coefficient (Wildman–Crippen LogP) is 3.42. The first-order chi connectivity index (χ1) is 11.9. The lowest BCUT2D eigenvalue weighted by Gasteiger charge is -2.17. The van der Waals surface area contributed by atoms with E-state index in [2.05, 4.69) is 0 Å². The number of hydrogen-bond donors (Lipinski definition) is 0. The Morgan fingerprint density at radius 2 is 1.32 bits per heavy atom. The topological polar surface area (TPSA) is 36.9 Å². The maximum Gasteiger partial charge on any atom is 0.261 e. The van der Waals surface area contributed by atoms with Gasteiger partial charge in [-0.15, -0.1) is 0 Å². The van der Waals surface area contributed by atoms with Gasteiger partial charge in [-0.2, -0.15) is 8.78 Å². The zero-order valence-corrected chi connectivity index (χ0v) is 15.5. The molecular weight excluding hydrogens is 367 g/mol. The third kappa shape index (κ3) is 6.53. The molecule has 0 unspecified atom stereocenters. The van der Waals surface area contributed by atoms with Gasteiger partial charge < -0.3 is 18.6 Å². The van der Waals surface area contributed by atoms with E-state index in [4.69, 9.17) is 18.6 Å². The fourth-order valence-corrected chi connectivity index (χ4v) is 2.97. The van der Waals surface area contributed by atoms with Crippen molar-refractivity contribution >= 4 is 9.76 Å². The van der Waals surface area contributed by atoms with Gasteiger partial charge in [0.05, 0.1) is 6.61 Å². The molecule has 0 radical (unpaired) electrons. The van der Waals surface area contributed by atoms with E-state index in [0.29, 0.717) is 26.1 Å². The summed E-state index contributed by atoms with van der Waals surface area (Å²) in [5.41, 5.74) is 0. The molecule has 1 rings (SSSR count). The molecule has 0 aliphatic heterocycles. The molecule has 0 amide bonds. The van der Waals surface area contributed by atoms with Crippen molar-refractivity contribution in [3.05, 3.63) is 29.1 Å². The van der Waals surface area contributed by atoms with Crippen molar-refractivity contribution < 1.29 is 40.6 Å². The molecule has 0 N–H and O–H groups in total. The Morgan fingerprint density at radius 3 is 1.84 bits per heavy atom. The van der Waals surface area contributed by atoms with Crippen LogP contribution in [-0.2, 0) is 13.9 Å². The van der Waals surface area contributed by atoms with Crippen LogP contribution in [0, 0.1) is 29.1 Å². The number of ether oxygens (including phenoxy) is 3. The van der Waals surface area contributed by atoms with Crippen LogP contribution in [0.3, 0.4) is 0 Å². The summed E-state index contributed by atoms with van der Waals surface area (Å²) in [6, 6.07) is 0.719. The second-order valence-corrected chi connectivity index (χ2v) is 6.33. The first kappa shape index (κ1) is 21.8. The SMILES string of the molecule is CCOC(OCC)O[SiH2]CCCCOc1c(F)c(F)c(F)c(F)c1F. The first-order valence-corrected chi connectivity index (χ1v) is 9.50. The van der Waals surface area contributed by atoms with E-state index < -0.39 is 51.1 Å². The van der Waals surface area contributed by atoms with E-state index >= 15 is 0 Å². The highest BCUT2D eigenvalue weighted by atomic mass is 28.2. The highest BCUT2D eigenvalue weighted by Gasteiger charge is 2.26. The number of rotatable bonds is 12. The van der Waals surface area contributed by atoms with Crippen LogP contribution in [0.15, 0.2) is 0 Å². The molecule has 0 fully saturated rings. The molecule has 4 nitrogen and oxygen atoms in total. The summed E-state index contributed by atoms with van der Waals surface area (Å²) in [5, 5.41) is 0. The summed E-state index contributed by atoms with van der Waals surface area (Å²) >= 11 is 0. The van der Waals surface area contributed by atoms with Crippen molar-refractivity contribution in [1.82, 2.24) is 0 Å². The lowest BCUT2D eigenvalue weighted by atomic mass is 10.2. The number of unbranched alkanes of at least 4 members (excludes halogenated alkanes) is 1.